The highest BCUT2D eigenvalue weighted by atomic mass is 16.5. The molecule has 0 amide bonds. The van der Waals surface area contributed by atoms with Crippen molar-refractivity contribution in [1.82, 2.24) is 5.32 Å². The predicted molar refractivity (Wildman–Crippen MR) is 75.3 cm³/mol. The first-order valence-electron chi connectivity index (χ1n) is 6.29. The normalized spacial score (nSPS) is 10.3. The highest BCUT2D eigenvalue weighted by Gasteiger charge is 2.12. The fraction of sp³-hybridized carbons (Fsp3) is 0.333. The zero-order valence-corrected chi connectivity index (χ0v) is 11.9. The molecule has 0 atom stereocenters. The SMILES string of the molecule is COc1cc(CNCc2ccoc2)cc(OC)c1OC. The molecule has 0 saturated carbocycles. The average Bonchev–Trinajstić information content (AvgIpc) is 2.99. The molecule has 1 heterocycles. The van der Waals surface area contributed by atoms with Crippen LogP contribution in [-0.2, 0) is 13.1 Å². The van der Waals surface area contributed by atoms with Gasteiger partial charge in [-0.2, -0.15) is 0 Å². The third-order valence-electron chi connectivity index (χ3n) is 2.96. The van der Waals surface area contributed by atoms with Gasteiger partial charge in [0, 0.05) is 18.7 Å². The van der Waals surface area contributed by atoms with Gasteiger partial charge in [-0.1, -0.05) is 0 Å². The van der Waals surface area contributed by atoms with Gasteiger partial charge in [0.2, 0.25) is 5.75 Å². The number of hydrogen-bond acceptors (Lipinski definition) is 5. The number of benzene rings is 1. The number of hydrogen-bond donors (Lipinski definition) is 1. The zero-order valence-electron chi connectivity index (χ0n) is 11.9. The van der Waals surface area contributed by atoms with Crippen LogP contribution in [0.4, 0.5) is 0 Å². The molecule has 0 aliphatic rings. The molecule has 0 unspecified atom stereocenters. The molecular formula is C15H19NO4. The van der Waals surface area contributed by atoms with Gasteiger partial charge in [-0.15, -0.1) is 0 Å². The van der Waals surface area contributed by atoms with Gasteiger partial charge < -0.3 is 23.9 Å². The van der Waals surface area contributed by atoms with E-state index in [1.807, 2.05) is 18.2 Å². The molecule has 5 heteroatoms. The van der Waals surface area contributed by atoms with Crippen LogP contribution in [0.15, 0.2) is 35.1 Å². The van der Waals surface area contributed by atoms with Crippen LogP contribution in [0.2, 0.25) is 0 Å². The van der Waals surface area contributed by atoms with E-state index in [9.17, 15) is 0 Å². The van der Waals surface area contributed by atoms with E-state index in [-0.39, 0.29) is 0 Å². The van der Waals surface area contributed by atoms with E-state index in [4.69, 9.17) is 18.6 Å². The van der Waals surface area contributed by atoms with Gasteiger partial charge in [-0.3, -0.25) is 0 Å². The van der Waals surface area contributed by atoms with Gasteiger partial charge in [-0.05, 0) is 23.8 Å². The maximum atomic E-state index is 5.32. The zero-order chi connectivity index (χ0) is 14.4. The Balaban J connectivity index is 2.07. The summed E-state index contributed by atoms with van der Waals surface area (Å²) in [6.45, 7) is 1.44. The van der Waals surface area contributed by atoms with Crippen LogP contribution >= 0.6 is 0 Å². The highest BCUT2D eigenvalue weighted by molar-refractivity contribution is 5.53. The second kappa shape index (κ2) is 6.86. The van der Waals surface area contributed by atoms with E-state index in [2.05, 4.69) is 5.32 Å². The van der Waals surface area contributed by atoms with E-state index in [0.717, 1.165) is 17.7 Å². The van der Waals surface area contributed by atoms with Gasteiger partial charge in [0.25, 0.3) is 0 Å². The average molecular weight is 277 g/mol. The van der Waals surface area contributed by atoms with Gasteiger partial charge in [0.15, 0.2) is 11.5 Å². The van der Waals surface area contributed by atoms with Crippen LogP contribution in [0.25, 0.3) is 0 Å². The fourth-order valence-corrected chi connectivity index (χ4v) is 1.98. The van der Waals surface area contributed by atoms with Crippen molar-refractivity contribution in [3.8, 4) is 17.2 Å². The van der Waals surface area contributed by atoms with E-state index in [1.54, 1.807) is 33.9 Å². The molecular weight excluding hydrogens is 258 g/mol. The lowest BCUT2D eigenvalue weighted by molar-refractivity contribution is 0.323. The molecule has 0 radical (unpaired) electrons. The molecule has 0 aliphatic carbocycles. The second-order valence-corrected chi connectivity index (χ2v) is 4.27. The van der Waals surface area contributed by atoms with Crippen LogP contribution in [0, 0.1) is 0 Å². The van der Waals surface area contributed by atoms with Crippen LogP contribution in [-0.4, -0.2) is 21.3 Å². The van der Waals surface area contributed by atoms with Crippen molar-refractivity contribution in [3.63, 3.8) is 0 Å². The summed E-state index contributed by atoms with van der Waals surface area (Å²) < 4.78 is 21.0. The standard InChI is InChI=1S/C15H19NO4/c1-17-13-6-12(7-14(18-2)15(13)19-3)9-16-8-11-4-5-20-10-11/h4-7,10,16H,8-9H2,1-3H3. The minimum atomic E-state index is 0.605. The van der Waals surface area contributed by atoms with Crippen LogP contribution in [0.1, 0.15) is 11.1 Å². The summed E-state index contributed by atoms with van der Waals surface area (Å²) in [6, 6.07) is 5.80. The molecule has 0 aliphatic heterocycles. The number of ether oxygens (including phenoxy) is 3. The molecule has 0 fully saturated rings. The second-order valence-electron chi connectivity index (χ2n) is 4.27. The Morgan fingerprint density at radius 2 is 1.60 bits per heavy atom. The summed E-state index contributed by atoms with van der Waals surface area (Å²) in [5.74, 6) is 1.92. The van der Waals surface area contributed by atoms with Gasteiger partial charge in [0.05, 0.1) is 33.9 Å². The van der Waals surface area contributed by atoms with Crippen LogP contribution in [0.5, 0.6) is 17.2 Å². The predicted octanol–water partition coefficient (Wildman–Crippen LogP) is 2.60. The lowest BCUT2D eigenvalue weighted by Gasteiger charge is -2.14. The molecule has 20 heavy (non-hydrogen) atoms. The largest absolute Gasteiger partial charge is 0.493 e. The van der Waals surface area contributed by atoms with E-state index in [0.29, 0.717) is 23.8 Å². The Morgan fingerprint density at radius 3 is 2.10 bits per heavy atom. The van der Waals surface area contributed by atoms with Gasteiger partial charge in [0.1, 0.15) is 0 Å². The van der Waals surface area contributed by atoms with Crippen molar-refractivity contribution in [3.05, 3.63) is 41.9 Å². The quantitative estimate of drug-likeness (QED) is 0.843. The third kappa shape index (κ3) is 3.24. The Bertz CT molecular complexity index is 512. The van der Waals surface area contributed by atoms with E-state index < -0.39 is 0 Å². The minimum Gasteiger partial charge on any atom is -0.493 e. The van der Waals surface area contributed by atoms with Crippen molar-refractivity contribution < 1.29 is 18.6 Å². The summed E-state index contributed by atoms with van der Waals surface area (Å²) >= 11 is 0. The van der Waals surface area contributed by atoms with Crippen LogP contribution in [0.3, 0.4) is 0 Å². The molecule has 1 aromatic heterocycles. The maximum Gasteiger partial charge on any atom is 0.203 e. The van der Waals surface area contributed by atoms with E-state index >= 15 is 0 Å². The first-order valence-corrected chi connectivity index (χ1v) is 6.29. The molecule has 0 spiro atoms. The Hall–Kier alpha value is -2.14. The van der Waals surface area contributed by atoms with Crippen molar-refractivity contribution >= 4 is 0 Å². The Kier molecular flexibility index (Phi) is 4.90. The van der Waals surface area contributed by atoms with Crippen LogP contribution < -0.4 is 19.5 Å². The number of methoxy groups -OCH3 is 3. The maximum absolute atomic E-state index is 5.32. The number of rotatable bonds is 7. The molecule has 0 bridgehead atoms. The monoisotopic (exact) mass is 277 g/mol. The molecule has 2 rings (SSSR count). The van der Waals surface area contributed by atoms with E-state index in [1.165, 1.54) is 0 Å². The van der Waals surface area contributed by atoms with Gasteiger partial charge >= 0.3 is 0 Å². The molecule has 5 nitrogen and oxygen atoms in total. The Morgan fingerprint density at radius 1 is 0.950 bits per heavy atom. The topological polar surface area (TPSA) is 52.9 Å². The van der Waals surface area contributed by atoms with Crippen molar-refractivity contribution in [1.29, 1.82) is 0 Å². The smallest absolute Gasteiger partial charge is 0.203 e. The molecule has 108 valence electrons. The fourth-order valence-electron chi connectivity index (χ4n) is 1.98. The van der Waals surface area contributed by atoms with Gasteiger partial charge in [-0.25, -0.2) is 0 Å². The summed E-state index contributed by atoms with van der Waals surface area (Å²) in [6.07, 6.45) is 3.39. The molecule has 1 N–H and O–H groups in total. The lowest BCUT2D eigenvalue weighted by atomic mass is 10.1. The summed E-state index contributed by atoms with van der Waals surface area (Å²) in [5, 5.41) is 3.33. The van der Waals surface area contributed by atoms with Crippen molar-refractivity contribution in [2.24, 2.45) is 0 Å². The first-order chi connectivity index (χ1) is 9.78. The third-order valence-corrected chi connectivity index (χ3v) is 2.96. The minimum absolute atomic E-state index is 0.605. The summed E-state index contributed by atoms with van der Waals surface area (Å²) in [5.41, 5.74) is 2.17. The highest BCUT2D eigenvalue weighted by Crippen LogP contribution is 2.38. The Labute approximate surface area is 118 Å². The lowest BCUT2D eigenvalue weighted by Crippen LogP contribution is -2.12. The van der Waals surface area contributed by atoms with Crippen molar-refractivity contribution in [2.45, 2.75) is 13.1 Å². The van der Waals surface area contributed by atoms with Crippen molar-refractivity contribution in [2.75, 3.05) is 21.3 Å². The molecule has 1 aromatic carbocycles. The first kappa shape index (κ1) is 14.3. The molecule has 2 aromatic rings. The summed E-state index contributed by atoms with van der Waals surface area (Å²) in [4.78, 5) is 0. The summed E-state index contributed by atoms with van der Waals surface area (Å²) in [7, 11) is 4.82. The number of nitrogens with one attached hydrogen (secondary N) is 1. The molecule has 0 saturated heterocycles. The number of furan rings is 1.